The van der Waals surface area contributed by atoms with Crippen LogP contribution in [-0.2, 0) is 14.8 Å². The third kappa shape index (κ3) is 5.18. The predicted octanol–water partition coefficient (Wildman–Crippen LogP) is 2.67. The van der Waals surface area contributed by atoms with Crippen molar-refractivity contribution in [3.63, 3.8) is 0 Å². The van der Waals surface area contributed by atoms with Crippen LogP contribution in [0.2, 0.25) is 0 Å². The molecule has 0 radical (unpaired) electrons. The molecule has 1 N–H and O–H groups in total. The monoisotopic (exact) mass is 422 g/mol. The lowest BCUT2D eigenvalue weighted by atomic mass is 10.2. The van der Waals surface area contributed by atoms with E-state index in [9.17, 15) is 13.2 Å². The molecule has 0 fully saturated rings. The number of nitrogens with zero attached hydrogens (tertiary/aromatic N) is 1. The van der Waals surface area contributed by atoms with E-state index in [2.05, 4.69) is 5.32 Å². The maximum Gasteiger partial charge on any atom is 0.247 e. The van der Waals surface area contributed by atoms with Gasteiger partial charge in [-0.3, -0.25) is 4.79 Å². The summed E-state index contributed by atoms with van der Waals surface area (Å²) in [5.41, 5.74) is 1.24. The largest absolute Gasteiger partial charge is 0.495 e. The molecule has 0 aliphatic rings. The highest BCUT2D eigenvalue weighted by atomic mass is 32.2. The Morgan fingerprint density at radius 1 is 0.966 bits per heavy atom. The van der Waals surface area contributed by atoms with E-state index in [0.29, 0.717) is 17.2 Å². The van der Waals surface area contributed by atoms with Crippen LogP contribution in [0.15, 0.2) is 41.3 Å². The first kappa shape index (κ1) is 22.5. The minimum Gasteiger partial charge on any atom is -0.495 e. The first-order valence-electron chi connectivity index (χ1n) is 8.93. The zero-order valence-corrected chi connectivity index (χ0v) is 18.0. The number of ether oxygens (including phenoxy) is 3. The summed E-state index contributed by atoms with van der Waals surface area (Å²) >= 11 is 0. The highest BCUT2D eigenvalue weighted by molar-refractivity contribution is 7.89. The van der Waals surface area contributed by atoms with Crippen molar-refractivity contribution in [2.24, 2.45) is 0 Å². The first-order chi connectivity index (χ1) is 13.8. The number of likely N-dealkylation sites (N-methyl/N-ethyl adjacent to an activating group) is 1. The van der Waals surface area contributed by atoms with Gasteiger partial charge in [-0.2, -0.15) is 4.31 Å². The molecule has 8 nitrogen and oxygen atoms in total. The number of rotatable bonds is 9. The van der Waals surface area contributed by atoms with Crippen LogP contribution >= 0.6 is 0 Å². The molecule has 29 heavy (non-hydrogen) atoms. The van der Waals surface area contributed by atoms with Crippen LogP contribution in [0.1, 0.15) is 12.5 Å². The standard InChI is InChI=1S/C20H26N2O6S/c1-6-22(29(24,25)19-11-14(2)7-9-17(19)27-4)13-20(23)21-15-8-10-16(26-3)18(12-15)28-5/h7-12H,6,13H2,1-5H3,(H,21,23). The second kappa shape index (κ2) is 9.62. The molecule has 158 valence electrons. The van der Waals surface area contributed by atoms with Crippen LogP contribution in [0, 0.1) is 6.92 Å². The van der Waals surface area contributed by atoms with Gasteiger partial charge in [-0.05, 0) is 36.8 Å². The fraction of sp³-hybridized carbons (Fsp3) is 0.350. The number of amides is 1. The van der Waals surface area contributed by atoms with E-state index in [1.165, 1.54) is 27.4 Å². The van der Waals surface area contributed by atoms with Gasteiger partial charge in [-0.1, -0.05) is 13.0 Å². The predicted molar refractivity (Wildman–Crippen MR) is 110 cm³/mol. The molecule has 0 bridgehead atoms. The lowest BCUT2D eigenvalue weighted by Crippen LogP contribution is -2.38. The molecule has 0 saturated heterocycles. The van der Waals surface area contributed by atoms with Crippen molar-refractivity contribution in [3.8, 4) is 17.2 Å². The van der Waals surface area contributed by atoms with E-state index in [-0.39, 0.29) is 23.7 Å². The van der Waals surface area contributed by atoms with Crippen molar-refractivity contribution >= 4 is 21.6 Å². The molecule has 2 aromatic rings. The first-order valence-corrected chi connectivity index (χ1v) is 10.4. The van der Waals surface area contributed by atoms with Gasteiger partial charge in [0.1, 0.15) is 10.6 Å². The molecule has 0 aliphatic heterocycles. The van der Waals surface area contributed by atoms with Gasteiger partial charge < -0.3 is 19.5 Å². The van der Waals surface area contributed by atoms with E-state index < -0.39 is 15.9 Å². The summed E-state index contributed by atoms with van der Waals surface area (Å²) in [7, 11) is 0.486. The maximum absolute atomic E-state index is 13.1. The number of hydrogen-bond acceptors (Lipinski definition) is 6. The Morgan fingerprint density at radius 2 is 1.59 bits per heavy atom. The van der Waals surface area contributed by atoms with Crippen molar-refractivity contribution < 1.29 is 27.4 Å². The van der Waals surface area contributed by atoms with Gasteiger partial charge >= 0.3 is 0 Å². The van der Waals surface area contributed by atoms with Gasteiger partial charge in [0, 0.05) is 18.3 Å². The number of hydrogen-bond donors (Lipinski definition) is 1. The van der Waals surface area contributed by atoms with Crippen molar-refractivity contribution in [3.05, 3.63) is 42.0 Å². The Bertz CT molecular complexity index is 975. The molecular weight excluding hydrogens is 396 g/mol. The molecule has 2 aromatic carbocycles. The molecule has 0 saturated carbocycles. The van der Waals surface area contributed by atoms with Crippen LogP contribution in [0.4, 0.5) is 5.69 Å². The Morgan fingerprint density at radius 3 is 2.17 bits per heavy atom. The summed E-state index contributed by atoms with van der Waals surface area (Å²) in [6.45, 7) is 3.24. The Hall–Kier alpha value is -2.78. The quantitative estimate of drug-likeness (QED) is 0.668. The molecule has 9 heteroatoms. The topological polar surface area (TPSA) is 94.2 Å². The Labute approximate surface area is 171 Å². The fourth-order valence-electron chi connectivity index (χ4n) is 2.77. The summed E-state index contributed by atoms with van der Waals surface area (Å²) in [6.07, 6.45) is 0. The summed E-state index contributed by atoms with van der Waals surface area (Å²) < 4.78 is 42.9. The van der Waals surface area contributed by atoms with Gasteiger partial charge in [0.2, 0.25) is 15.9 Å². The third-order valence-corrected chi connectivity index (χ3v) is 6.22. The van der Waals surface area contributed by atoms with E-state index in [1.807, 2.05) is 0 Å². The zero-order chi connectivity index (χ0) is 21.6. The molecule has 0 heterocycles. The average molecular weight is 423 g/mol. The molecule has 0 aromatic heterocycles. The number of carbonyl (C=O) groups is 1. The Balaban J connectivity index is 2.23. The van der Waals surface area contributed by atoms with Gasteiger partial charge in [0.15, 0.2) is 11.5 Å². The maximum atomic E-state index is 13.1. The summed E-state index contributed by atoms with van der Waals surface area (Å²) in [5.74, 6) is 0.730. The molecule has 2 rings (SSSR count). The smallest absolute Gasteiger partial charge is 0.247 e. The summed E-state index contributed by atoms with van der Waals surface area (Å²) in [5, 5.41) is 2.68. The van der Waals surface area contributed by atoms with E-state index in [0.717, 1.165) is 9.87 Å². The lowest BCUT2D eigenvalue weighted by molar-refractivity contribution is -0.116. The second-order valence-corrected chi connectivity index (χ2v) is 8.11. The van der Waals surface area contributed by atoms with Crippen LogP contribution in [0.3, 0.4) is 0 Å². The zero-order valence-electron chi connectivity index (χ0n) is 17.2. The number of sulfonamides is 1. The number of nitrogens with one attached hydrogen (secondary N) is 1. The highest BCUT2D eigenvalue weighted by Crippen LogP contribution is 2.30. The minimum atomic E-state index is -3.92. The van der Waals surface area contributed by atoms with Gasteiger partial charge in [0.05, 0.1) is 27.9 Å². The molecule has 0 aliphatic carbocycles. The van der Waals surface area contributed by atoms with Crippen molar-refractivity contribution in [1.82, 2.24) is 4.31 Å². The number of carbonyl (C=O) groups excluding carboxylic acids is 1. The van der Waals surface area contributed by atoms with Crippen LogP contribution in [-0.4, -0.2) is 53.0 Å². The SMILES string of the molecule is CCN(CC(=O)Nc1ccc(OC)c(OC)c1)S(=O)(=O)c1cc(C)ccc1OC. The average Bonchev–Trinajstić information content (AvgIpc) is 2.71. The van der Waals surface area contributed by atoms with E-state index >= 15 is 0 Å². The second-order valence-electron chi connectivity index (χ2n) is 6.20. The molecule has 0 spiro atoms. The van der Waals surface area contributed by atoms with Gasteiger partial charge in [-0.25, -0.2) is 8.42 Å². The number of methoxy groups -OCH3 is 3. The number of aryl methyl sites for hydroxylation is 1. The summed E-state index contributed by atoms with van der Waals surface area (Å²) in [6, 6.07) is 9.79. The van der Waals surface area contributed by atoms with Crippen LogP contribution in [0.5, 0.6) is 17.2 Å². The van der Waals surface area contributed by atoms with Crippen molar-refractivity contribution in [1.29, 1.82) is 0 Å². The van der Waals surface area contributed by atoms with Crippen LogP contribution < -0.4 is 19.5 Å². The van der Waals surface area contributed by atoms with Gasteiger partial charge in [0.25, 0.3) is 0 Å². The van der Waals surface area contributed by atoms with Gasteiger partial charge in [-0.15, -0.1) is 0 Å². The number of anilines is 1. The molecule has 0 unspecified atom stereocenters. The van der Waals surface area contributed by atoms with E-state index in [1.54, 1.807) is 44.2 Å². The minimum absolute atomic E-state index is 0.0285. The van der Waals surface area contributed by atoms with Crippen molar-refractivity contribution in [2.75, 3.05) is 39.7 Å². The number of benzene rings is 2. The van der Waals surface area contributed by atoms with Crippen LogP contribution in [0.25, 0.3) is 0 Å². The van der Waals surface area contributed by atoms with Crippen molar-refractivity contribution in [2.45, 2.75) is 18.7 Å². The highest BCUT2D eigenvalue weighted by Gasteiger charge is 2.28. The summed E-state index contributed by atoms with van der Waals surface area (Å²) in [4.78, 5) is 12.5. The fourth-order valence-corrected chi connectivity index (χ4v) is 4.41. The molecular formula is C20H26N2O6S. The lowest BCUT2D eigenvalue weighted by Gasteiger charge is -2.21. The molecule has 0 atom stereocenters. The normalized spacial score (nSPS) is 11.2. The Kier molecular flexibility index (Phi) is 7.46. The van der Waals surface area contributed by atoms with E-state index in [4.69, 9.17) is 14.2 Å². The molecule has 1 amide bonds. The third-order valence-electron chi connectivity index (χ3n) is 4.28.